The summed E-state index contributed by atoms with van der Waals surface area (Å²) in [5.74, 6) is 1.29. The van der Waals surface area contributed by atoms with Gasteiger partial charge in [0, 0.05) is 38.6 Å². The highest BCUT2D eigenvalue weighted by Gasteiger charge is 2.19. The second kappa shape index (κ2) is 8.68. The number of amides is 1. The summed E-state index contributed by atoms with van der Waals surface area (Å²) in [5.41, 5.74) is 3.20. The zero-order valence-electron chi connectivity index (χ0n) is 16.5. The Hall–Kier alpha value is -3.48. The number of hydrogen-bond donors (Lipinski definition) is 1. The number of benzene rings is 1. The molecule has 4 rings (SSSR count). The van der Waals surface area contributed by atoms with Crippen molar-refractivity contribution in [1.82, 2.24) is 15.0 Å². The second-order valence-corrected chi connectivity index (χ2v) is 7.08. The molecule has 3 heterocycles. The number of nitrogens with one attached hydrogen (secondary N) is 1. The molecule has 0 spiro atoms. The molecule has 0 saturated carbocycles. The van der Waals surface area contributed by atoms with E-state index in [1.54, 1.807) is 12.4 Å². The molecule has 1 N–H and O–H groups in total. The average Bonchev–Trinajstić information content (AvgIpc) is 2.77. The van der Waals surface area contributed by atoms with E-state index in [0.29, 0.717) is 12.2 Å². The summed E-state index contributed by atoms with van der Waals surface area (Å²) in [4.78, 5) is 29.8. The van der Waals surface area contributed by atoms with Crippen LogP contribution in [0.4, 0.5) is 17.5 Å². The number of hydrogen-bond acceptors (Lipinski definition) is 6. The van der Waals surface area contributed by atoms with Crippen LogP contribution < -0.4 is 15.1 Å². The Balaban J connectivity index is 1.31. The van der Waals surface area contributed by atoms with Gasteiger partial charge in [-0.05, 0) is 36.2 Å². The van der Waals surface area contributed by atoms with E-state index in [0.717, 1.165) is 48.9 Å². The van der Waals surface area contributed by atoms with Gasteiger partial charge in [-0.15, -0.1) is 0 Å². The van der Waals surface area contributed by atoms with E-state index >= 15 is 0 Å². The lowest BCUT2D eigenvalue weighted by Crippen LogP contribution is -2.47. The van der Waals surface area contributed by atoms with Crippen LogP contribution in [-0.2, 0) is 11.2 Å². The minimum Gasteiger partial charge on any atom is -0.367 e. The van der Waals surface area contributed by atoms with Gasteiger partial charge >= 0.3 is 0 Å². The van der Waals surface area contributed by atoms with Crippen molar-refractivity contribution in [3.8, 4) is 0 Å². The molecule has 7 nitrogen and oxygen atoms in total. The average molecular weight is 388 g/mol. The number of piperazine rings is 1. The lowest BCUT2D eigenvalue weighted by molar-refractivity contribution is -0.115. The number of carbonyl (C=O) groups excluding carboxylic acids is 1. The molecule has 0 atom stereocenters. The number of rotatable bonds is 5. The maximum atomic E-state index is 12.3. The van der Waals surface area contributed by atoms with E-state index in [1.807, 2.05) is 55.6 Å². The zero-order chi connectivity index (χ0) is 20.1. The third-order valence-corrected chi connectivity index (χ3v) is 5.11. The molecule has 1 fully saturated rings. The Labute approximate surface area is 170 Å². The Kier molecular flexibility index (Phi) is 5.65. The van der Waals surface area contributed by atoms with Crippen LogP contribution in [0.3, 0.4) is 0 Å². The lowest BCUT2D eigenvalue weighted by atomic mass is 10.1. The van der Waals surface area contributed by atoms with Gasteiger partial charge in [-0.25, -0.2) is 15.0 Å². The fourth-order valence-electron chi connectivity index (χ4n) is 3.43. The first-order chi connectivity index (χ1) is 14.2. The molecule has 7 heteroatoms. The summed E-state index contributed by atoms with van der Waals surface area (Å²) >= 11 is 0. The summed E-state index contributed by atoms with van der Waals surface area (Å²) in [6.45, 7) is 5.48. The van der Waals surface area contributed by atoms with Crippen molar-refractivity contribution in [3.05, 3.63) is 72.2 Å². The first kappa shape index (κ1) is 18.9. The molecule has 0 unspecified atom stereocenters. The number of carbonyl (C=O) groups is 1. The summed E-state index contributed by atoms with van der Waals surface area (Å²) < 4.78 is 0. The van der Waals surface area contributed by atoms with Crippen molar-refractivity contribution in [2.45, 2.75) is 13.3 Å². The van der Waals surface area contributed by atoms with Crippen LogP contribution in [0.25, 0.3) is 0 Å². The summed E-state index contributed by atoms with van der Waals surface area (Å²) in [6.07, 6.45) is 5.70. The van der Waals surface area contributed by atoms with Crippen LogP contribution in [0.5, 0.6) is 0 Å². The topological polar surface area (TPSA) is 74.2 Å². The molecule has 1 amide bonds. The maximum absolute atomic E-state index is 12.3. The van der Waals surface area contributed by atoms with Crippen molar-refractivity contribution in [2.24, 2.45) is 0 Å². The van der Waals surface area contributed by atoms with Gasteiger partial charge in [0.05, 0.1) is 18.3 Å². The Bertz CT molecular complexity index is 953. The van der Waals surface area contributed by atoms with Gasteiger partial charge in [-0.2, -0.15) is 0 Å². The van der Waals surface area contributed by atoms with Crippen LogP contribution in [0, 0.1) is 6.92 Å². The van der Waals surface area contributed by atoms with E-state index in [2.05, 4.69) is 30.1 Å². The lowest BCUT2D eigenvalue weighted by Gasteiger charge is -2.35. The van der Waals surface area contributed by atoms with Crippen LogP contribution in [-0.4, -0.2) is 47.0 Å². The number of pyridine rings is 1. The highest BCUT2D eigenvalue weighted by molar-refractivity contribution is 5.91. The van der Waals surface area contributed by atoms with E-state index in [4.69, 9.17) is 0 Å². The third kappa shape index (κ3) is 4.68. The number of aromatic nitrogens is 3. The van der Waals surface area contributed by atoms with Gasteiger partial charge in [0.2, 0.25) is 11.9 Å². The van der Waals surface area contributed by atoms with Gasteiger partial charge < -0.3 is 15.1 Å². The van der Waals surface area contributed by atoms with Crippen molar-refractivity contribution >= 4 is 23.4 Å². The summed E-state index contributed by atoms with van der Waals surface area (Å²) in [6, 6.07) is 13.6. The summed E-state index contributed by atoms with van der Waals surface area (Å²) in [7, 11) is 0. The van der Waals surface area contributed by atoms with Gasteiger partial charge in [-0.1, -0.05) is 24.3 Å². The molecular formula is C22H24N6O. The fourth-order valence-corrected chi connectivity index (χ4v) is 3.43. The van der Waals surface area contributed by atoms with E-state index < -0.39 is 0 Å². The highest BCUT2D eigenvalue weighted by Crippen LogP contribution is 2.19. The van der Waals surface area contributed by atoms with Crippen molar-refractivity contribution < 1.29 is 4.79 Å². The first-order valence-electron chi connectivity index (χ1n) is 9.76. The summed E-state index contributed by atoms with van der Waals surface area (Å²) in [5, 5.41) is 2.88. The molecule has 0 bridgehead atoms. The third-order valence-electron chi connectivity index (χ3n) is 5.11. The van der Waals surface area contributed by atoms with E-state index in [-0.39, 0.29) is 5.91 Å². The predicted molar refractivity (Wildman–Crippen MR) is 114 cm³/mol. The molecule has 1 aliphatic heterocycles. The first-order valence-corrected chi connectivity index (χ1v) is 9.76. The fraction of sp³-hybridized carbons (Fsp3) is 0.273. The number of nitrogens with zero attached hydrogens (tertiary/aromatic N) is 5. The molecule has 1 saturated heterocycles. The van der Waals surface area contributed by atoms with E-state index in [1.165, 1.54) is 0 Å². The standard InChI is InChI=1S/C22H24N6O/c1-17-5-2-3-6-18(17)15-21(29)26-20-8-7-19(16-25-20)27-11-13-28(14-12-27)22-23-9-4-10-24-22/h2-10,16H,11-15H2,1H3,(H,25,26,29). The Morgan fingerprint density at radius 2 is 1.66 bits per heavy atom. The van der Waals surface area contributed by atoms with Crippen LogP contribution >= 0.6 is 0 Å². The predicted octanol–water partition coefficient (Wildman–Crippen LogP) is 2.69. The molecular weight excluding hydrogens is 364 g/mol. The smallest absolute Gasteiger partial charge is 0.229 e. The molecule has 3 aromatic rings. The van der Waals surface area contributed by atoms with Gasteiger partial charge in [-0.3, -0.25) is 4.79 Å². The molecule has 1 aromatic carbocycles. The molecule has 1 aliphatic rings. The SMILES string of the molecule is Cc1ccccc1CC(=O)Nc1ccc(N2CCN(c3ncccn3)CC2)cn1. The van der Waals surface area contributed by atoms with Gasteiger partial charge in [0.25, 0.3) is 0 Å². The Morgan fingerprint density at radius 1 is 0.931 bits per heavy atom. The van der Waals surface area contributed by atoms with E-state index in [9.17, 15) is 4.79 Å². The normalized spacial score (nSPS) is 14.0. The van der Waals surface area contributed by atoms with Crippen LogP contribution in [0.2, 0.25) is 0 Å². The largest absolute Gasteiger partial charge is 0.367 e. The molecule has 2 aromatic heterocycles. The zero-order valence-corrected chi connectivity index (χ0v) is 16.5. The number of aryl methyl sites for hydroxylation is 1. The minimum atomic E-state index is -0.0592. The monoisotopic (exact) mass is 388 g/mol. The maximum Gasteiger partial charge on any atom is 0.229 e. The van der Waals surface area contributed by atoms with Crippen molar-refractivity contribution in [2.75, 3.05) is 41.3 Å². The van der Waals surface area contributed by atoms with Crippen molar-refractivity contribution in [3.63, 3.8) is 0 Å². The Morgan fingerprint density at radius 3 is 2.34 bits per heavy atom. The second-order valence-electron chi connectivity index (χ2n) is 7.08. The van der Waals surface area contributed by atoms with Crippen LogP contribution in [0.15, 0.2) is 61.1 Å². The van der Waals surface area contributed by atoms with Crippen LogP contribution in [0.1, 0.15) is 11.1 Å². The highest BCUT2D eigenvalue weighted by atomic mass is 16.1. The molecule has 0 aliphatic carbocycles. The quantitative estimate of drug-likeness (QED) is 0.724. The van der Waals surface area contributed by atoms with Crippen molar-refractivity contribution in [1.29, 1.82) is 0 Å². The van der Waals surface area contributed by atoms with Gasteiger partial charge in [0.15, 0.2) is 0 Å². The molecule has 148 valence electrons. The molecule has 0 radical (unpaired) electrons. The number of anilines is 3. The van der Waals surface area contributed by atoms with Gasteiger partial charge in [0.1, 0.15) is 5.82 Å². The molecule has 29 heavy (non-hydrogen) atoms. The minimum absolute atomic E-state index is 0.0592.